The Morgan fingerprint density at radius 2 is 1.81 bits per heavy atom. The van der Waals surface area contributed by atoms with Gasteiger partial charge in [0.1, 0.15) is 0 Å². The molecular formula is C15H21N. The molecule has 16 heavy (non-hydrogen) atoms. The van der Waals surface area contributed by atoms with Crippen LogP contribution in [-0.4, -0.2) is 12.1 Å². The molecule has 0 unspecified atom stereocenters. The predicted molar refractivity (Wildman–Crippen MR) is 69.1 cm³/mol. The Morgan fingerprint density at radius 1 is 1.06 bits per heavy atom. The maximum absolute atomic E-state index is 2.67. The van der Waals surface area contributed by atoms with Crippen molar-refractivity contribution in [3.05, 3.63) is 29.3 Å². The van der Waals surface area contributed by atoms with Gasteiger partial charge in [0.2, 0.25) is 0 Å². The molecule has 2 aliphatic rings. The molecule has 0 amide bonds. The van der Waals surface area contributed by atoms with Crippen molar-refractivity contribution < 1.29 is 0 Å². The lowest BCUT2D eigenvalue weighted by molar-refractivity contribution is 0.400. The maximum atomic E-state index is 2.67. The van der Waals surface area contributed by atoms with E-state index in [1.165, 1.54) is 6.42 Å². The summed E-state index contributed by atoms with van der Waals surface area (Å²) < 4.78 is 0. The molecule has 4 atom stereocenters. The Hall–Kier alpha value is -0.980. The summed E-state index contributed by atoms with van der Waals surface area (Å²) in [5.41, 5.74) is 4.70. The highest BCUT2D eigenvalue weighted by molar-refractivity contribution is 5.68. The number of hydrogen-bond acceptors (Lipinski definition) is 1. The molecule has 0 saturated heterocycles. The van der Waals surface area contributed by atoms with Crippen LogP contribution in [0, 0.1) is 5.92 Å². The summed E-state index contributed by atoms with van der Waals surface area (Å²) in [5, 5.41) is 0. The van der Waals surface area contributed by atoms with Crippen LogP contribution in [0.3, 0.4) is 0 Å². The molecule has 0 spiro atoms. The molecule has 0 radical (unpaired) electrons. The molecule has 0 aliphatic carbocycles. The molecule has 2 aliphatic heterocycles. The van der Waals surface area contributed by atoms with Gasteiger partial charge in [-0.15, -0.1) is 0 Å². The number of benzene rings is 1. The van der Waals surface area contributed by atoms with E-state index in [1.54, 1.807) is 16.8 Å². The first-order chi connectivity index (χ1) is 7.61. The minimum Gasteiger partial charge on any atom is -0.365 e. The van der Waals surface area contributed by atoms with Crippen LogP contribution in [-0.2, 0) is 6.42 Å². The molecule has 0 fully saturated rings. The summed E-state index contributed by atoms with van der Waals surface area (Å²) >= 11 is 0. The molecule has 0 aromatic heterocycles. The van der Waals surface area contributed by atoms with Crippen molar-refractivity contribution >= 4 is 5.69 Å². The van der Waals surface area contributed by atoms with Gasteiger partial charge in [0.05, 0.1) is 0 Å². The van der Waals surface area contributed by atoms with Gasteiger partial charge >= 0.3 is 0 Å². The van der Waals surface area contributed by atoms with Gasteiger partial charge < -0.3 is 4.90 Å². The second kappa shape index (κ2) is 3.26. The topological polar surface area (TPSA) is 3.24 Å². The zero-order valence-electron chi connectivity index (χ0n) is 10.7. The highest BCUT2D eigenvalue weighted by Crippen LogP contribution is 2.48. The van der Waals surface area contributed by atoms with E-state index >= 15 is 0 Å². The van der Waals surface area contributed by atoms with Crippen molar-refractivity contribution in [2.45, 2.75) is 52.1 Å². The Kier molecular flexibility index (Phi) is 2.07. The first kappa shape index (κ1) is 10.2. The second-order valence-electron chi connectivity index (χ2n) is 5.71. The summed E-state index contributed by atoms with van der Waals surface area (Å²) in [6.45, 7) is 9.52. The molecule has 2 heterocycles. The molecular weight excluding hydrogens is 194 g/mol. The molecule has 0 N–H and O–H groups in total. The minimum atomic E-state index is 0.661. The standard InChI is InChI=1S/C15H21N/c1-9-8-13-6-5-7-14-10(2)12(4)16(11(9)3)15(13)14/h5-7,9-12H,8H2,1-4H3/t9-,10-,11-,12+/m0/s1. The van der Waals surface area contributed by atoms with E-state index in [4.69, 9.17) is 0 Å². The van der Waals surface area contributed by atoms with Crippen molar-refractivity contribution in [3.8, 4) is 0 Å². The van der Waals surface area contributed by atoms with Crippen LogP contribution in [0.2, 0.25) is 0 Å². The fourth-order valence-corrected chi connectivity index (χ4v) is 3.53. The number of nitrogens with zero attached hydrogens (tertiary/aromatic N) is 1. The highest BCUT2D eigenvalue weighted by Gasteiger charge is 2.41. The average molecular weight is 215 g/mol. The molecule has 0 saturated carbocycles. The summed E-state index contributed by atoms with van der Waals surface area (Å²) in [4.78, 5) is 2.67. The molecule has 86 valence electrons. The molecule has 1 aromatic rings. The molecule has 0 bridgehead atoms. The fourth-order valence-electron chi connectivity index (χ4n) is 3.53. The quantitative estimate of drug-likeness (QED) is 0.639. The Bertz CT molecular complexity index is 423. The van der Waals surface area contributed by atoms with E-state index in [0.29, 0.717) is 18.0 Å². The lowest BCUT2D eigenvalue weighted by atomic mass is 9.87. The van der Waals surface area contributed by atoms with Crippen molar-refractivity contribution in [1.82, 2.24) is 0 Å². The molecule has 1 nitrogen and oxygen atoms in total. The SMILES string of the molecule is C[C@@H]1c2cccc3c2N([C@@H]1C)[C@@H](C)[C@@H](C)C3. The largest absolute Gasteiger partial charge is 0.365 e. The van der Waals surface area contributed by atoms with E-state index in [-0.39, 0.29) is 0 Å². The van der Waals surface area contributed by atoms with E-state index in [0.717, 1.165) is 5.92 Å². The summed E-state index contributed by atoms with van der Waals surface area (Å²) in [6.07, 6.45) is 1.25. The van der Waals surface area contributed by atoms with Crippen LogP contribution in [0.15, 0.2) is 18.2 Å². The Morgan fingerprint density at radius 3 is 2.56 bits per heavy atom. The van der Waals surface area contributed by atoms with Crippen LogP contribution in [0.4, 0.5) is 5.69 Å². The van der Waals surface area contributed by atoms with Gasteiger partial charge in [-0.05, 0) is 37.3 Å². The van der Waals surface area contributed by atoms with Crippen molar-refractivity contribution in [2.24, 2.45) is 5.92 Å². The molecule has 1 heteroatoms. The van der Waals surface area contributed by atoms with Crippen LogP contribution in [0.1, 0.15) is 44.7 Å². The zero-order chi connectivity index (χ0) is 11.4. The second-order valence-corrected chi connectivity index (χ2v) is 5.71. The first-order valence-electron chi connectivity index (χ1n) is 6.51. The van der Waals surface area contributed by atoms with Crippen molar-refractivity contribution in [3.63, 3.8) is 0 Å². The highest BCUT2D eigenvalue weighted by atomic mass is 15.2. The van der Waals surface area contributed by atoms with Crippen LogP contribution in [0.25, 0.3) is 0 Å². The van der Waals surface area contributed by atoms with Crippen molar-refractivity contribution in [1.29, 1.82) is 0 Å². The first-order valence-corrected chi connectivity index (χ1v) is 6.51. The molecule has 3 rings (SSSR count). The average Bonchev–Trinajstić information content (AvgIpc) is 2.52. The van der Waals surface area contributed by atoms with Gasteiger partial charge in [-0.25, -0.2) is 0 Å². The number of hydrogen-bond donors (Lipinski definition) is 0. The lowest BCUT2D eigenvalue weighted by Crippen LogP contribution is -2.45. The monoisotopic (exact) mass is 215 g/mol. The lowest BCUT2D eigenvalue weighted by Gasteiger charge is -2.41. The number of rotatable bonds is 0. The molecule has 1 aromatic carbocycles. The van der Waals surface area contributed by atoms with Gasteiger partial charge in [-0.3, -0.25) is 0 Å². The third kappa shape index (κ3) is 1.12. The van der Waals surface area contributed by atoms with Crippen molar-refractivity contribution in [2.75, 3.05) is 4.90 Å². The smallest absolute Gasteiger partial charge is 0.0440 e. The van der Waals surface area contributed by atoms with Gasteiger partial charge in [0.15, 0.2) is 0 Å². The summed E-state index contributed by atoms with van der Waals surface area (Å²) in [6, 6.07) is 8.23. The summed E-state index contributed by atoms with van der Waals surface area (Å²) in [5.74, 6) is 1.46. The van der Waals surface area contributed by atoms with Gasteiger partial charge in [0, 0.05) is 23.7 Å². The Balaban J connectivity index is 2.21. The number of anilines is 1. The fraction of sp³-hybridized carbons (Fsp3) is 0.600. The maximum Gasteiger partial charge on any atom is 0.0440 e. The van der Waals surface area contributed by atoms with E-state index in [1.807, 2.05) is 0 Å². The summed E-state index contributed by atoms with van der Waals surface area (Å²) in [7, 11) is 0. The normalized spacial score (nSPS) is 36.4. The van der Waals surface area contributed by atoms with Crippen LogP contribution in [0.5, 0.6) is 0 Å². The predicted octanol–water partition coefficient (Wildman–Crippen LogP) is 3.58. The zero-order valence-corrected chi connectivity index (χ0v) is 10.7. The van der Waals surface area contributed by atoms with E-state index in [2.05, 4.69) is 50.8 Å². The third-order valence-corrected chi connectivity index (χ3v) is 4.87. The van der Waals surface area contributed by atoms with Gasteiger partial charge in [-0.2, -0.15) is 0 Å². The van der Waals surface area contributed by atoms with Crippen LogP contribution >= 0.6 is 0 Å². The third-order valence-electron chi connectivity index (χ3n) is 4.87. The van der Waals surface area contributed by atoms with Gasteiger partial charge in [-0.1, -0.05) is 32.0 Å². The van der Waals surface area contributed by atoms with E-state index in [9.17, 15) is 0 Å². The van der Waals surface area contributed by atoms with Gasteiger partial charge in [0.25, 0.3) is 0 Å². The van der Waals surface area contributed by atoms with Crippen LogP contribution < -0.4 is 4.90 Å². The van der Waals surface area contributed by atoms with E-state index < -0.39 is 0 Å². The Labute approximate surface area is 98.5 Å². The minimum absolute atomic E-state index is 0.661. The number of para-hydroxylation sites is 1.